The summed E-state index contributed by atoms with van der Waals surface area (Å²) in [5, 5.41) is 9.45. The molecule has 0 saturated carbocycles. The van der Waals surface area contributed by atoms with Crippen LogP contribution in [0.3, 0.4) is 0 Å². The van der Waals surface area contributed by atoms with E-state index in [0.717, 1.165) is 40.8 Å². The van der Waals surface area contributed by atoms with Gasteiger partial charge in [-0.05, 0) is 42.7 Å². The number of rotatable bonds is 5. The largest absolute Gasteiger partial charge is 0.383 e. The summed E-state index contributed by atoms with van der Waals surface area (Å²) in [4.78, 5) is 8.58. The van der Waals surface area contributed by atoms with Gasteiger partial charge in [0.25, 0.3) is 0 Å². The van der Waals surface area contributed by atoms with Crippen LogP contribution in [0.5, 0.6) is 0 Å². The van der Waals surface area contributed by atoms with Crippen molar-refractivity contribution in [3.8, 4) is 5.69 Å². The fourth-order valence-corrected chi connectivity index (χ4v) is 3.39. The number of benzene rings is 1. The molecule has 4 rings (SSSR count). The Morgan fingerprint density at radius 3 is 2.59 bits per heavy atom. The number of hydrogen-bond donors (Lipinski definition) is 1. The first-order valence-corrected chi connectivity index (χ1v) is 8.90. The maximum atomic E-state index is 13.2. The van der Waals surface area contributed by atoms with Gasteiger partial charge in [-0.1, -0.05) is 19.1 Å². The van der Waals surface area contributed by atoms with Gasteiger partial charge in [-0.2, -0.15) is 0 Å². The molecule has 2 N–H and O–H groups in total. The quantitative estimate of drug-likeness (QED) is 0.586. The highest BCUT2D eigenvalue weighted by atomic mass is 19.1. The van der Waals surface area contributed by atoms with Crippen LogP contribution in [-0.2, 0) is 6.42 Å². The van der Waals surface area contributed by atoms with E-state index < -0.39 is 0 Å². The van der Waals surface area contributed by atoms with Crippen LogP contribution in [0.25, 0.3) is 16.7 Å². The van der Waals surface area contributed by atoms with Crippen molar-refractivity contribution in [3.63, 3.8) is 0 Å². The lowest BCUT2D eigenvalue weighted by atomic mass is 10.1. The Kier molecular flexibility index (Phi) is 4.31. The molecule has 0 spiro atoms. The van der Waals surface area contributed by atoms with E-state index in [1.165, 1.54) is 18.5 Å². The Bertz CT molecular complexity index is 1080. The number of nitrogens with zero attached hydrogens (tertiary/aromatic N) is 6. The maximum absolute atomic E-state index is 13.2. The molecule has 7 nitrogen and oxygen atoms in total. The first kappa shape index (κ1) is 17.1. The lowest BCUT2D eigenvalue weighted by molar-refractivity contribution is 0.563. The highest BCUT2D eigenvalue weighted by Gasteiger charge is 2.21. The predicted octanol–water partition coefficient (Wildman–Crippen LogP) is 3.30. The number of aromatic nitrogens is 6. The third-order valence-corrected chi connectivity index (χ3v) is 4.76. The van der Waals surface area contributed by atoms with Crippen molar-refractivity contribution < 1.29 is 4.39 Å². The molecule has 0 saturated heterocycles. The molecule has 0 aliphatic heterocycles. The first-order chi connectivity index (χ1) is 13.1. The number of halogens is 1. The van der Waals surface area contributed by atoms with Gasteiger partial charge in [0, 0.05) is 6.20 Å². The van der Waals surface area contributed by atoms with Crippen LogP contribution in [0, 0.1) is 5.82 Å². The summed E-state index contributed by atoms with van der Waals surface area (Å²) in [5.41, 5.74) is 9.55. The molecule has 138 valence electrons. The Morgan fingerprint density at radius 2 is 1.89 bits per heavy atom. The second-order valence-corrected chi connectivity index (χ2v) is 6.36. The fourth-order valence-electron chi connectivity index (χ4n) is 3.39. The van der Waals surface area contributed by atoms with Gasteiger partial charge in [-0.3, -0.25) is 0 Å². The van der Waals surface area contributed by atoms with Crippen molar-refractivity contribution in [1.29, 1.82) is 0 Å². The Labute approximate surface area is 155 Å². The highest BCUT2D eigenvalue weighted by molar-refractivity contribution is 5.90. The van der Waals surface area contributed by atoms with Crippen LogP contribution in [0.2, 0.25) is 0 Å². The topological polar surface area (TPSA) is 87.4 Å². The van der Waals surface area contributed by atoms with Gasteiger partial charge < -0.3 is 10.3 Å². The molecular weight excluding hydrogens is 345 g/mol. The van der Waals surface area contributed by atoms with Crippen LogP contribution in [0.15, 0.2) is 43.0 Å². The molecule has 3 aromatic heterocycles. The molecule has 1 aromatic carbocycles. The normalized spacial score (nSPS) is 12.6. The average molecular weight is 365 g/mol. The SMILES string of the molecule is CCc1cn(C(CC)c2cn(-c3ccc(F)cc3)nn2)c2ncnc(N)c12. The summed E-state index contributed by atoms with van der Waals surface area (Å²) in [5.74, 6) is 0.203. The van der Waals surface area contributed by atoms with Crippen molar-refractivity contribution in [2.75, 3.05) is 5.73 Å². The zero-order chi connectivity index (χ0) is 19.0. The summed E-state index contributed by atoms with van der Waals surface area (Å²) in [7, 11) is 0. The number of hydrogen-bond acceptors (Lipinski definition) is 5. The number of anilines is 1. The van der Waals surface area contributed by atoms with E-state index in [4.69, 9.17) is 5.73 Å². The van der Waals surface area contributed by atoms with Crippen LogP contribution >= 0.6 is 0 Å². The lowest BCUT2D eigenvalue weighted by Gasteiger charge is -2.15. The molecule has 0 fully saturated rings. The summed E-state index contributed by atoms with van der Waals surface area (Å²) >= 11 is 0. The minimum atomic E-state index is -0.284. The van der Waals surface area contributed by atoms with E-state index in [2.05, 4.69) is 44.9 Å². The monoisotopic (exact) mass is 365 g/mol. The number of aryl methyl sites for hydroxylation is 1. The smallest absolute Gasteiger partial charge is 0.146 e. The van der Waals surface area contributed by atoms with Crippen molar-refractivity contribution in [3.05, 3.63) is 60.1 Å². The zero-order valence-corrected chi connectivity index (χ0v) is 15.2. The minimum absolute atomic E-state index is 0.0451. The van der Waals surface area contributed by atoms with E-state index in [-0.39, 0.29) is 11.9 Å². The lowest BCUT2D eigenvalue weighted by Crippen LogP contribution is -2.10. The van der Waals surface area contributed by atoms with E-state index in [9.17, 15) is 4.39 Å². The minimum Gasteiger partial charge on any atom is -0.383 e. The van der Waals surface area contributed by atoms with Gasteiger partial charge in [-0.25, -0.2) is 19.0 Å². The molecule has 0 amide bonds. The molecule has 1 atom stereocenters. The summed E-state index contributed by atoms with van der Waals surface area (Å²) < 4.78 is 16.9. The first-order valence-electron chi connectivity index (χ1n) is 8.90. The Hall–Kier alpha value is -3.29. The van der Waals surface area contributed by atoms with Crippen LogP contribution in [-0.4, -0.2) is 29.5 Å². The van der Waals surface area contributed by atoms with Gasteiger partial charge in [0.1, 0.15) is 29.3 Å². The molecular formula is C19H20FN7. The van der Waals surface area contributed by atoms with Crippen LogP contribution in [0.1, 0.15) is 37.6 Å². The highest BCUT2D eigenvalue weighted by Crippen LogP contribution is 2.30. The third kappa shape index (κ3) is 2.92. The maximum Gasteiger partial charge on any atom is 0.146 e. The Morgan fingerprint density at radius 1 is 1.11 bits per heavy atom. The molecule has 0 radical (unpaired) electrons. The van der Waals surface area contributed by atoms with Gasteiger partial charge in [-0.15, -0.1) is 5.10 Å². The molecule has 0 aliphatic carbocycles. The second kappa shape index (κ2) is 6.79. The summed E-state index contributed by atoms with van der Waals surface area (Å²) in [6.45, 7) is 4.17. The Balaban J connectivity index is 1.78. The fraction of sp³-hybridized carbons (Fsp3) is 0.263. The molecule has 8 heteroatoms. The molecule has 4 aromatic rings. The molecule has 27 heavy (non-hydrogen) atoms. The predicted molar refractivity (Wildman–Crippen MR) is 101 cm³/mol. The molecule has 1 unspecified atom stereocenters. The molecule has 0 aliphatic rings. The number of nitrogen functional groups attached to an aromatic ring is 1. The van der Waals surface area contributed by atoms with Gasteiger partial charge in [0.15, 0.2) is 0 Å². The van der Waals surface area contributed by atoms with Crippen LogP contribution < -0.4 is 5.73 Å². The summed E-state index contributed by atoms with van der Waals surface area (Å²) in [6.07, 6.45) is 7.05. The summed E-state index contributed by atoms with van der Waals surface area (Å²) in [6, 6.07) is 6.10. The van der Waals surface area contributed by atoms with Gasteiger partial charge in [0.2, 0.25) is 0 Å². The van der Waals surface area contributed by atoms with Gasteiger partial charge in [0.05, 0.1) is 23.3 Å². The zero-order valence-electron chi connectivity index (χ0n) is 15.2. The van der Waals surface area contributed by atoms with Crippen molar-refractivity contribution in [2.24, 2.45) is 0 Å². The number of fused-ring (bicyclic) bond motifs is 1. The molecule has 0 bridgehead atoms. The second-order valence-electron chi connectivity index (χ2n) is 6.36. The molecule has 3 heterocycles. The standard InChI is InChI=1S/C19H20FN7/c1-3-12-9-26(19-17(12)18(21)22-11-23-19)16(4-2)15-10-27(25-24-15)14-7-5-13(20)6-8-14/h5-11,16H,3-4H2,1-2H3,(H2,21,22,23). The van der Waals surface area contributed by atoms with Crippen molar-refractivity contribution in [1.82, 2.24) is 29.5 Å². The number of nitrogens with two attached hydrogens (primary N) is 1. The third-order valence-electron chi connectivity index (χ3n) is 4.76. The van der Waals surface area contributed by atoms with Crippen LogP contribution in [0.4, 0.5) is 10.2 Å². The van der Waals surface area contributed by atoms with Crippen molar-refractivity contribution in [2.45, 2.75) is 32.7 Å². The average Bonchev–Trinajstić information content (AvgIpc) is 3.30. The van der Waals surface area contributed by atoms with E-state index >= 15 is 0 Å². The van der Waals surface area contributed by atoms with E-state index in [0.29, 0.717) is 5.82 Å². The van der Waals surface area contributed by atoms with E-state index in [1.54, 1.807) is 16.8 Å². The van der Waals surface area contributed by atoms with E-state index in [1.807, 2.05) is 6.20 Å². The van der Waals surface area contributed by atoms with Crippen molar-refractivity contribution >= 4 is 16.9 Å². The van der Waals surface area contributed by atoms with Gasteiger partial charge >= 0.3 is 0 Å².